The number of hydrogen-bond donors (Lipinski definition) is 0. The van der Waals surface area contributed by atoms with Crippen molar-refractivity contribution in [2.24, 2.45) is 0 Å². The summed E-state index contributed by atoms with van der Waals surface area (Å²) in [5.41, 5.74) is 13.7. The standard InChI is InChI=1S/C50H33NOS/c1-50(42-17-8-5-14-37(42)38-15-6-9-18-43(38)50)44-19-11-20-46-49(44)41-30-35(27-29-45(41)52-46)51(34-24-22-33(23-25-34)32-12-3-2-4-13-32)36-26-28-40-39-16-7-10-21-47(39)53-48(40)31-36/h2-31H,1H3. The molecular weight excluding hydrogens is 663 g/mol. The van der Waals surface area contributed by atoms with Gasteiger partial charge in [-0.1, -0.05) is 127 Å². The molecule has 1 aliphatic rings. The first-order valence-corrected chi connectivity index (χ1v) is 19.0. The molecule has 0 amide bonds. The summed E-state index contributed by atoms with van der Waals surface area (Å²) >= 11 is 1.85. The van der Waals surface area contributed by atoms with E-state index in [1.807, 2.05) is 11.3 Å². The van der Waals surface area contributed by atoms with Gasteiger partial charge in [-0.25, -0.2) is 0 Å². The van der Waals surface area contributed by atoms with E-state index >= 15 is 0 Å². The summed E-state index contributed by atoms with van der Waals surface area (Å²) in [6.07, 6.45) is 0. The fourth-order valence-electron chi connectivity index (χ4n) is 8.85. The van der Waals surface area contributed by atoms with E-state index in [0.29, 0.717) is 0 Å². The molecule has 0 radical (unpaired) electrons. The Morgan fingerprint density at radius 3 is 1.83 bits per heavy atom. The number of thiophene rings is 1. The molecule has 10 aromatic rings. The molecule has 0 spiro atoms. The Hall–Kier alpha value is -6.42. The lowest BCUT2D eigenvalue weighted by Crippen LogP contribution is -2.22. The van der Waals surface area contributed by atoms with E-state index in [1.54, 1.807) is 0 Å². The summed E-state index contributed by atoms with van der Waals surface area (Å²) < 4.78 is 9.24. The number of nitrogens with zero attached hydrogens (tertiary/aromatic N) is 1. The first kappa shape index (κ1) is 30.2. The molecule has 11 rings (SSSR count). The van der Waals surface area contributed by atoms with E-state index in [0.717, 1.165) is 39.0 Å². The number of furan rings is 1. The summed E-state index contributed by atoms with van der Waals surface area (Å²) in [5.74, 6) is 0. The molecule has 250 valence electrons. The van der Waals surface area contributed by atoms with Gasteiger partial charge in [-0.15, -0.1) is 11.3 Å². The molecule has 0 fully saturated rings. The van der Waals surface area contributed by atoms with Gasteiger partial charge < -0.3 is 9.32 Å². The maximum atomic E-state index is 6.66. The Balaban J connectivity index is 1.13. The first-order valence-electron chi connectivity index (χ1n) is 18.2. The minimum Gasteiger partial charge on any atom is -0.456 e. The Morgan fingerprint density at radius 2 is 1.04 bits per heavy atom. The highest BCUT2D eigenvalue weighted by molar-refractivity contribution is 7.25. The first-order chi connectivity index (χ1) is 26.1. The summed E-state index contributed by atoms with van der Waals surface area (Å²) in [7, 11) is 0. The molecule has 0 N–H and O–H groups in total. The van der Waals surface area contributed by atoms with Crippen molar-refractivity contribution in [3.05, 3.63) is 199 Å². The van der Waals surface area contributed by atoms with Gasteiger partial charge in [0.2, 0.25) is 0 Å². The second kappa shape index (κ2) is 11.5. The van der Waals surface area contributed by atoms with Crippen molar-refractivity contribution < 1.29 is 4.42 Å². The van der Waals surface area contributed by atoms with Crippen LogP contribution >= 0.6 is 11.3 Å². The van der Waals surface area contributed by atoms with Gasteiger partial charge in [-0.3, -0.25) is 0 Å². The quantitative estimate of drug-likeness (QED) is 0.178. The molecule has 0 aliphatic heterocycles. The molecule has 3 heteroatoms. The van der Waals surface area contributed by atoms with Crippen molar-refractivity contribution in [1.82, 2.24) is 0 Å². The van der Waals surface area contributed by atoms with Gasteiger partial charge in [0.05, 0.1) is 0 Å². The predicted molar refractivity (Wildman–Crippen MR) is 224 cm³/mol. The number of fused-ring (bicyclic) bond motifs is 9. The van der Waals surface area contributed by atoms with E-state index in [9.17, 15) is 0 Å². The molecule has 8 aromatic carbocycles. The third kappa shape index (κ3) is 4.51. The Bertz CT molecular complexity index is 2980. The van der Waals surface area contributed by atoms with Gasteiger partial charge in [-0.2, -0.15) is 0 Å². The molecule has 0 unspecified atom stereocenters. The molecule has 0 saturated carbocycles. The zero-order valence-electron chi connectivity index (χ0n) is 29.1. The van der Waals surface area contributed by atoms with Crippen LogP contribution in [0.2, 0.25) is 0 Å². The second-order valence-electron chi connectivity index (χ2n) is 14.2. The van der Waals surface area contributed by atoms with Crippen LogP contribution in [0.1, 0.15) is 23.6 Å². The number of benzene rings is 8. The molecule has 0 atom stereocenters. The minimum absolute atomic E-state index is 0.349. The van der Waals surface area contributed by atoms with Gasteiger partial charge in [0.1, 0.15) is 11.2 Å². The Morgan fingerprint density at radius 1 is 0.434 bits per heavy atom. The maximum Gasteiger partial charge on any atom is 0.135 e. The summed E-state index contributed by atoms with van der Waals surface area (Å²) in [5, 5.41) is 4.88. The zero-order chi connectivity index (χ0) is 35.1. The fourth-order valence-corrected chi connectivity index (χ4v) is 9.99. The average Bonchev–Trinajstić information content (AvgIpc) is 3.87. The maximum absolute atomic E-state index is 6.66. The van der Waals surface area contributed by atoms with E-state index in [1.165, 1.54) is 59.1 Å². The van der Waals surface area contributed by atoms with Crippen LogP contribution < -0.4 is 4.90 Å². The lowest BCUT2D eigenvalue weighted by atomic mass is 9.73. The van der Waals surface area contributed by atoms with Crippen LogP contribution in [0.5, 0.6) is 0 Å². The van der Waals surface area contributed by atoms with Gasteiger partial charge in [0, 0.05) is 53.4 Å². The van der Waals surface area contributed by atoms with E-state index in [4.69, 9.17) is 4.42 Å². The second-order valence-corrected chi connectivity index (χ2v) is 15.3. The molecule has 2 aromatic heterocycles. The largest absolute Gasteiger partial charge is 0.456 e. The smallest absolute Gasteiger partial charge is 0.135 e. The number of hydrogen-bond acceptors (Lipinski definition) is 3. The van der Waals surface area contributed by atoms with Gasteiger partial charge in [0.15, 0.2) is 0 Å². The molecule has 2 heterocycles. The summed E-state index contributed by atoms with van der Waals surface area (Å²) in [6, 6.07) is 66.2. The van der Waals surface area contributed by atoms with Crippen molar-refractivity contribution in [3.63, 3.8) is 0 Å². The Kier molecular flexibility index (Phi) is 6.58. The Labute approximate surface area is 311 Å². The lowest BCUT2D eigenvalue weighted by Gasteiger charge is -2.29. The minimum atomic E-state index is -0.349. The van der Waals surface area contributed by atoms with E-state index in [-0.39, 0.29) is 5.41 Å². The third-order valence-corrected chi connectivity index (χ3v) is 12.5. The molecule has 2 nitrogen and oxygen atoms in total. The monoisotopic (exact) mass is 695 g/mol. The summed E-state index contributed by atoms with van der Waals surface area (Å²) in [6.45, 7) is 2.38. The normalized spacial score (nSPS) is 13.2. The topological polar surface area (TPSA) is 16.4 Å². The van der Waals surface area contributed by atoms with Crippen LogP contribution in [0.3, 0.4) is 0 Å². The molecule has 53 heavy (non-hydrogen) atoms. The van der Waals surface area contributed by atoms with Crippen LogP contribution in [-0.4, -0.2) is 0 Å². The van der Waals surface area contributed by atoms with Crippen LogP contribution in [0.25, 0.3) is 64.4 Å². The average molecular weight is 696 g/mol. The van der Waals surface area contributed by atoms with Crippen molar-refractivity contribution in [3.8, 4) is 22.3 Å². The van der Waals surface area contributed by atoms with Crippen molar-refractivity contribution in [2.75, 3.05) is 4.90 Å². The summed E-state index contributed by atoms with van der Waals surface area (Å²) in [4.78, 5) is 2.39. The van der Waals surface area contributed by atoms with Crippen LogP contribution in [0, 0.1) is 0 Å². The SMILES string of the molecule is CC1(c2cccc3oc4ccc(N(c5ccc(-c6ccccc6)cc5)c5ccc6c(c5)sc5ccccc56)cc4c23)c2ccccc2-c2ccccc21. The van der Waals surface area contributed by atoms with E-state index < -0.39 is 0 Å². The van der Waals surface area contributed by atoms with Crippen LogP contribution in [0.15, 0.2) is 186 Å². The van der Waals surface area contributed by atoms with Gasteiger partial charge >= 0.3 is 0 Å². The van der Waals surface area contributed by atoms with E-state index in [2.05, 4.69) is 194 Å². The molecule has 0 bridgehead atoms. The highest BCUT2D eigenvalue weighted by atomic mass is 32.1. The highest BCUT2D eigenvalue weighted by Crippen LogP contribution is 2.54. The fraction of sp³-hybridized carbons (Fsp3) is 0.0400. The number of rotatable bonds is 5. The predicted octanol–water partition coefficient (Wildman–Crippen LogP) is 14.4. The molecule has 1 aliphatic carbocycles. The van der Waals surface area contributed by atoms with Crippen molar-refractivity contribution >= 4 is 70.5 Å². The highest BCUT2D eigenvalue weighted by Gasteiger charge is 2.42. The lowest BCUT2D eigenvalue weighted by molar-refractivity contribution is 0.666. The number of anilines is 3. The van der Waals surface area contributed by atoms with Gasteiger partial charge in [-0.05, 0) is 100 Å². The molecule has 0 saturated heterocycles. The molecular formula is C50H33NOS. The van der Waals surface area contributed by atoms with Crippen molar-refractivity contribution in [2.45, 2.75) is 12.3 Å². The zero-order valence-corrected chi connectivity index (χ0v) is 29.9. The van der Waals surface area contributed by atoms with Crippen molar-refractivity contribution in [1.29, 1.82) is 0 Å². The van der Waals surface area contributed by atoms with Crippen LogP contribution in [-0.2, 0) is 5.41 Å². The van der Waals surface area contributed by atoms with Crippen LogP contribution in [0.4, 0.5) is 17.1 Å². The third-order valence-electron chi connectivity index (χ3n) is 11.4. The van der Waals surface area contributed by atoms with Gasteiger partial charge in [0.25, 0.3) is 0 Å².